The highest BCUT2D eigenvalue weighted by Gasteiger charge is 2.13. The molecule has 0 saturated carbocycles. The fourth-order valence-electron chi connectivity index (χ4n) is 1.46. The Bertz CT molecular complexity index is 521. The molecule has 1 aromatic rings. The van der Waals surface area contributed by atoms with Gasteiger partial charge in [0.25, 0.3) is 0 Å². The van der Waals surface area contributed by atoms with Crippen LogP contribution in [0.4, 0.5) is 0 Å². The molecule has 0 radical (unpaired) electrons. The molecule has 0 bridgehead atoms. The summed E-state index contributed by atoms with van der Waals surface area (Å²) in [5, 5.41) is 8.89. The Hall–Kier alpha value is -1.03. The molecule has 18 heavy (non-hydrogen) atoms. The largest absolute Gasteiger partial charge is 0.215 e. The molecule has 98 valence electrons. The Morgan fingerprint density at radius 2 is 2.11 bits per heavy atom. The van der Waals surface area contributed by atoms with Crippen molar-refractivity contribution in [2.24, 2.45) is 0 Å². The fraction of sp³-hybridized carbons (Fsp3) is 0.417. The average molecular weight is 284 g/mol. The Kier molecular flexibility index (Phi) is 6.19. The molecule has 6 heteroatoms. The molecular formula is C12H16N2O2S2. The molecule has 1 N–H and O–H groups in total. The molecular weight excluding hydrogens is 268 g/mol. The summed E-state index contributed by atoms with van der Waals surface area (Å²) in [6, 6.07) is 8.75. The predicted molar refractivity (Wildman–Crippen MR) is 74.8 cm³/mol. The van der Waals surface area contributed by atoms with Crippen molar-refractivity contribution in [3.8, 4) is 6.07 Å². The van der Waals surface area contributed by atoms with Crippen LogP contribution in [0.15, 0.2) is 24.3 Å². The van der Waals surface area contributed by atoms with E-state index in [0.717, 1.165) is 12.2 Å². The first-order chi connectivity index (χ1) is 8.59. The minimum atomic E-state index is -3.36. The lowest BCUT2D eigenvalue weighted by molar-refractivity contribution is 0.580. The summed E-state index contributed by atoms with van der Waals surface area (Å²) in [5.41, 5.74) is 0.948. The van der Waals surface area contributed by atoms with E-state index < -0.39 is 10.0 Å². The van der Waals surface area contributed by atoms with Crippen LogP contribution in [0.1, 0.15) is 17.5 Å². The van der Waals surface area contributed by atoms with Gasteiger partial charge in [-0.3, -0.25) is 0 Å². The Morgan fingerprint density at radius 1 is 1.39 bits per heavy atom. The SMILES string of the molecule is CSCCCNS(=O)(=O)Cc1ccccc1C#N. The van der Waals surface area contributed by atoms with E-state index in [1.54, 1.807) is 36.0 Å². The highest BCUT2D eigenvalue weighted by molar-refractivity contribution is 7.98. The topological polar surface area (TPSA) is 70.0 Å². The second-order valence-electron chi connectivity index (χ2n) is 3.77. The second kappa shape index (κ2) is 7.41. The van der Waals surface area contributed by atoms with Gasteiger partial charge < -0.3 is 0 Å². The fourth-order valence-corrected chi connectivity index (χ4v) is 3.11. The monoisotopic (exact) mass is 284 g/mol. The van der Waals surface area contributed by atoms with Crippen LogP contribution >= 0.6 is 11.8 Å². The first-order valence-electron chi connectivity index (χ1n) is 5.53. The average Bonchev–Trinajstić information content (AvgIpc) is 2.35. The number of nitriles is 1. The number of benzene rings is 1. The number of hydrogen-bond donors (Lipinski definition) is 1. The van der Waals surface area contributed by atoms with Gasteiger partial charge in [0.05, 0.1) is 17.4 Å². The van der Waals surface area contributed by atoms with Crippen molar-refractivity contribution in [2.75, 3.05) is 18.6 Å². The van der Waals surface area contributed by atoms with Gasteiger partial charge in [0, 0.05) is 6.54 Å². The van der Waals surface area contributed by atoms with Crippen LogP contribution in [0.2, 0.25) is 0 Å². The summed E-state index contributed by atoms with van der Waals surface area (Å²) in [5.74, 6) is 0.785. The first-order valence-corrected chi connectivity index (χ1v) is 8.58. The van der Waals surface area contributed by atoms with Crippen LogP contribution in [-0.2, 0) is 15.8 Å². The van der Waals surface area contributed by atoms with Gasteiger partial charge in [-0.05, 0) is 30.1 Å². The zero-order valence-electron chi connectivity index (χ0n) is 10.2. The van der Waals surface area contributed by atoms with Crippen LogP contribution in [0.5, 0.6) is 0 Å². The van der Waals surface area contributed by atoms with E-state index in [4.69, 9.17) is 5.26 Å². The van der Waals surface area contributed by atoms with Gasteiger partial charge in [-0.2, -0.15) is 17.0 Å². The minimum absolute atomic E-state index is 0.143. The summed E-state index contributed by atoms with van der Waals surface area (Å²) in [6.45, 7) is 0.442. The van der Waals surface area contributed by atoms with E-state index >= 15 is 0 Å². The highest BCUT2D eigenvalue weighted by atomic mass is 32.2. The zero-order chi connectivity index (χ0) is 13.4. The minimum Gasteiger partial charge on any atom is -0.215 e. The van der Waals surface area contributed by atoms with Crippen molar-refractivity contribution in [2.45, 2.75) is 12.2 Å². The lowest BCUT2D eigenvalue weighted by Gasteiger charge is -2.07. The van der Waals surface area contributed by atoms with E-state index in [-0.39, 0.29) is 5.75 Å². The van der Waals surface area contributed by atoms with Gasteiger partial charge in [-0.25, -0.2) is 13.1 Å². The summed E-state index contributed by atoms with van der Waals surface area (Å²) in [6.07, 6.45) is 2.79. The lowest BCUT2D eigenvalue weighted by atomic mass is 10.1. The van der Waals surface area contributed by atoms with Gasteiger partial charge in [0.2, 0.25) is 10.0 Å². The molecule has 0 aliphatic heterocycles. The number of rotatable bonds is 7. The third kappa shape index (κ3) is 5.08. The molecule has 0 amide bonds. The molecule has 0 heterocycles. The third-order valence-corrected chi connectivity index (χ3v) is 4.36. The smallest absolute Gasteiger partial charge is 0.215 e. The summed E-state index contributed by atoms with van der Waals surface area (Å²) < 4.78 is 26.2. The maximum absolute atomic E-state index is 11.8. The van der Waals surface area contributed by atoms with Crippen molar-refractivity contribution in [1.29, 1.82) is 5.26 Å². The third-order valence-electron chi connectivity index (χ3n) is 2.33. The van der Waals surface area contributed by atoms with E-state index in [2.05, 4.69) is 4.72 Å². The molecule has 1 aromatic carbocycles. The van der Waals surface area contributed by atoms with E-state index in [1.165, 1.54) is 0 Å². The molecule has 0 fully saturated rings. The number of nitrogens with one attached hydrogen (secondary N) is 1. The summed E-state index contributed by atoms with van der Waals surface area (Å²) in [4.78, 5) is 0. The Morgan fingerprint density at radius 3 is 2.78 bits per heavy atom. The molecule has 1 rings (SSSR count). The maximum atomic E-state index is 11.8. The molecule has 0 saturated heterocycles. The molecule has 0 aromatic heterocycles. The summed E-state index contributed by atoms with van der Waals surface area (Å²) >= 11 is 1.68. The van der Waals surface area contributed by atoms with Gasteiger partial charge >= 0.3 is 0 Å². The molecule has 0 aliphatic rings. The van der Waals surface area contributed by atoms with Crippen LogP contribution in [0, 0.1) is 11.3 Å². The highest BCUT2D eigenvalue weighted by Crippen LogP contribution is 2.10. The molecule has 0 unspecified atom stereocenters. The van der Waals surface area contributed by atoms with E-state index in [9.17, 15) is 8.42 Å². The van der Waals surface area contributed by atoms with Gasteiger partial charge in [-0.15, -0.1) is 0 Å². The predicted octanol–water partition coefficient (Wildman–Crippen LogP) is 1.73. The van der Waals surface area contributed by atoms with Crippen molar-refractivity contribution >= 4 is 21.8 Å². The van der Waals surface area contributed by atoms with Crippen LogP contribution in [0.25, 0.3) is 0 Å². The standard InChI is InChI=1S/C12H16N2O2S2/c1-17-8-4-7-14-18(15,16)10-12-6-3-2-5-11(12)9-13/h2-3,5-6,14H,4,7-8,10H2,1H3. The van der Waals surface area contributed by atoms with Crippen molar-refractivity contribution in [3.63, 3.8) is 0 Å². The summed E-state index contributed by atoms with van der Waals surface area (Å²) in [7, 11) is -3.36. The number of thioether (sulfide) groups is 1. The van der Waals surface area contributed by atoms with Crippen molar-refractivity contribution in [1.82, 2.24) is 4.72 Å². The van der Waals surface area contributed by atoms with Crippen molar-refractivity contribution < 1.29 is 8.42 Å². The van der Waals surface area contributed by atoms with E-state index in [0.29, 0.717) is 17.7 Å². The van der Waals surface area contributed by atoms with Crippen LogP contribution in [-0.4, -0.2) is 27.0 Å². The lowest BCUT2D eigenvalue weighted by Crippen LogP contribution is -2.26. The first kappa shape index (κ1) is 15.0. The normalized spacial score (nSPS) is 11.1. The Labute approximate surface area is 112 Å². The zero-order valence-corrected chi connectivity index (χ0v) is 11.9. The molecule has 4 nitrogen and oxygen atoms in total. The number of nitrogens with zero attached hydrogens (tertiary/aromatic N) is 1. The van der Waals surface area contributed by atoms with Crippen LogP contribution in [0.3, 0.4) is 0 Å². The van der Waals surface area contributed by atoms with Gasteiger partial charge in [-0.1, -0.05) is 18.2 Å². The molecule has 0 atom stereocenters. The number of hydrogen-bond acceptors (Lipinski definition) is 4. The van der Waals surface area contributed by atoms with Crippen LogP contribution < -0.4 is 4.72 Å². The second-order valence-corrected chi connectivity index (χ2v) is 6.56. The van der Waals surface area contributed by atoms with E-state index in [1.807, 2.05) is 12.3 Å². The quantitative estimate of drug-likeness (QED) is 0.774. The van der Waals surface area contributed by atoms with Gasteiger partial charge in [0.15, 0.2) is 0 Å². The van der Waals surface area contributed by atoms with Gasteiger partial charge in [0.1, 0.15) is 0 Å². The number of sulfonamides is 1. The molecule has 0 aliphatic carbocycles. The Balaban J connectivity index is 2.63. The maximum Gasteiger partial charge on any atom is 0.215 e. The van der Waals surface area contributed by atoms with Crippen molar-refractivity contribution in [3.05, 3.63) is 35.4 Å². The molecule has 0 spiro atoms.